The van der Waals surface area contributed by atoms with Crippen molar-refractivity contribution in [3.63, 3.8) is 0 Å². The average Bonchev–Trinajstić information content (AvgIpc) is 2.92. The van der Waals surface area contributed by atoms with Crippen LogP contribution >= 0.6 is 0 Å². The van der Waals surface area contributed by atoms with Crippen LogP contribution in [0.25, 0.3) is 0 Å². The van der Waals surface area contributed by atoms with Crippen molar-refractivity contribution in [2.75, 3.05) is 0 Å². The lowest BCUT2D eigenvalue weighted by atomic mass is 10.0. The summed E-state index contributed by atoms with van der Waals surface area (Å²) in [6.45, 7) is 12.2. The number of hydrogen-bond donors (Lipinski definition) is 0. The summed E-state index contributed by atoms with van der Waals surface area (Å²) in [7, 11) is 0. The molecule has 0 aliphatic rings. The molecule has 0 amide bonds. The monoisotopic (exact) mass is 524 g/mol. The molecule has 2 rings (SSSR count). The van der Waals surface area contributed by atoms with E-state index in [9.17, 15) is 9.59 Å². The van der Waals surface area contributed by atoms with Crippen LogP contribution in [0.1, 0.15) is 136 Å². The molecule has 0 aromatic heterocycles. The van der Waals surface area contributed by atoms with Crippen LogP contribution in [0.15, 0.2) is 48.5 Å². The van der Waals surface area contributed by atoms with Gasteiger partial charge in [-0.15, -0.1) is 9.78 Å². The van der Waals surface area contributed by atoms with E-state index >= 15 is 0 Å². The van der Waals surface area contributed by atoms with Gasteiger partial charge in [-0.1, -0.05) is 110 Å². The molecule has 0 unspecified atom stereocenters. The third-order valence-electron chi connectivity index (χ3n) is 6.43. The van der Waals surface area contributed by atoms with Crippen LogP contribution in [-0.2, 0) is 19.6 Å². The number of unbranched alkanes of at least 4 members (excludes halogenated alkanes) is 8. The SMILES string of the molecule is [CH2]CCCCCCCCCC[C](OOC(=O)c1ccc(C(C)C)cc1)OOC(=O)c1ccc(C(C)C)cc1. The molecule has 6 heteroatoms. The molecule has 0 N–H and O–H groups in total. The highest BCUT2D eigenvalue weighted by molar-refractivity contribution is 5.89. The van der Waals surface area contributed by atoms with Gasteiger partial charge >= 0.3 is 18.2 Å². The summed E-state index contributed by atoms with van der Waals surface area (Å²) in [4.78, 5) is 45.4. The lowest BCUT2D eigenvalue weighted by molar-refractivity contribution is -0.363. The van der Waals surface area contributed by atoms with E-state index in [0.29, 0.717) is 29.4 Å². The Morgan fingerprint density at radius 3 is 1.32 bits per heavy atom. The molecular weight excluding hydrogens is 480 g/mol. The summed E-state index contributed by atoms with van der Waals surface area (Å²) in [5, 5.41) is 0. The van der Waals surface area contributed by atoms with Gasteiger partial charge in [0, 0.05) is 6.42 Å². The van der Waals surface area contributed by atoms with Crippen molar-refractivity contribution in [1.29, 1.82) is 0 Å². The maximum absolute atomic E-state index is 12.5. The molecule has 0 saturated carbocycles. The Morgan fingerprint density at radius 2 is 0.947 bits per heavy atom. The topological polar surface area (TPSA) is 71.1 Å². The van der Waals surface area contributed by atoms with Gasteiger partial charge in [0.05, 0.1) is 11.1 Å². The average molecular weight is 525 g/mol. The van der Waals surface area contributed by atoms with Crippen molar-refractivity contribution < 1.29 is 29.1 Å². The highest BCUT2D eigenvalue weighted by atomic mass is 17.3. The van der Waals surface area contributed by atoms with E-state index in [1.54, 1.807) is 24.3 Å². The third-order valence-corrected chi connectivity index (χ3v) is 6.43. The molecule has 0 aliphatic heterocycles. The lowest BCUT2D eigenvalue weighted by Crippen LogP contribution is -2.16. The van der Waals surface area contributed by atoms with Gasteiger partial charge in [0.15, 0.2) is 0 Å². The van der Waals surface area contributed by atoms with E-state index in [2.05, 4.69) is 34.6 Å². The fourth-order valence-corrected chi connectivity index (χ4v) is 3.88. The molecule has 6 nitrogen and oxygen atoms in total. The van der Waals surface area contributed by atoms with Crippen LogP contribution in [0.2, 0.25) is 0 Å². The maximum Gasteiger partial charge on any atom is 0.373 e. The number of carbonyl (C=O) groups excluding carboxylic acids is 2. The zero-order chi connectivity index (χ0) is 27.8. The number of hydrogen-bond acceptors (Lipinski definition) is 6. The summed E-state index contributed by atoms with van der Waals surface area (Å²) >= 11 is 0. The molecule has 0 fully saturated rings. The molecular formula is C32H44O6. The van der Waals surface area contributed by atoms with Crippen LogP contribution in [0, 0.1) is 13.2 Å². The number of rotatable bonds is 18. The Balaban J connectivity index is 1.86. The van der Waals surface area contributed by atoms with Gasteiger partial charge in [-0.25, -0.2) is 9.59 Å². The van der Waals surface area contributed by atoms with Gasteiger partial charge < -0.3 is 0 Å². The first-order chi connectivity index (χ1) is 18.3. The molecule has 2 aromatic carbocycles. The molecule has 2 radical (unpaired) electrons. The summed E-state index contributed by atoms with van der Waals surface area (Å²) in [6, 6.07) is 14.3. The van der Waals surface area contributed by atoms with E-state index in [1.807, 2.05) is 24.3 Å². The Labute approximate surface area is 228 Å². The van der Waals surface area contributed by atoms with Crippen molar-refractivity contribution in [1.82, 2.24) is 0 Å². The van der Waals surface area contributed by atoms with E-state index in [-0.39, 0.29) is 6.29 Å². The lowest BCUT2D eigenvalue weighted by Gasteiger charge is -2.14. The normalized spacial score (nSPS) is 11.4. The molecule has 2 aromatic rings. The van der Waals surface area contributed by atoms with Gasteiger partial charge in [-0.05, 0) is 53.6 Å². The van der Waals surface area contributed by atoms with Crippen LogP contribution < -0.4 is 0 Å². The van der Waals surface area contributed by atoms with E-state index in [0.717, 1.165) is 43.2 Å². The minimum Gasteiger partial charge on any atom is -0.289 e. The van der Waals surface area contributed by atoms with E-state index < -0.39 is 11.9 Å². The Morgan fingerprint density at radius 1 is 0.579 bits per heavy atom. The first-order valence-corrected chi connectivity index (χ1v) is 13.9. The van der Waals surface area contributed by atoms with Crippen LogP contribution in [0.5, 0.6) is 0 Å². The number of benzene rings is 2. The van der Waals surface area contributed by atoms with Crippen LogP contribution in [-0.4, -0.2) is 11.9 Å². The zero-order valence-corrected chi connectivity index (χ0v) is 23.5. The van der Waals surface area contributed by atoms with E-state index in [4.69, 9.17) is 19.6 Å². The minimum atomic E-state index is -0.653. The molecule has 0 saturated heterocycles. The Bertz CT molecular complexity index is 866. The Kier molecular flexibility index (Phi) is 14.7. The predicted molar refractivity (Wildman–Crippen MR) is 149 cm³/mol. The second-order valence-electron chi connectivity index (χ2n) is 10.3. The van der Waals surface area contributed by atoms with Crippen molar-refractivity contribution in [3.8, 4) is 0 Å². The second kappa shape index (κ2) is 17.7. The van der Waals surface area contributed by atoms with Crippen molar-refractivity contribution in [2.24, 2.45) is 0 Å². The molecule has 0 aliphatic carbocycles. The molecule has 38 heavy (non-hydrogen) atoms. The van der Waals surface area contributed by atoms with Crippen molar-refractivity contribution in [3.05, 3.63) is 84.0 Å². The second-order valence-corrected chi connectivity index (χ2v) is 10.3. The third kappa shape index (κ3) is 11.8. The van der Waals surface area contributed by atoms with Crippen molar-refractivity contribution in [2.45, 2.75) is 104 Å². The summed E-state index contributed by atoms with van der Waals surface area (Å²) < 4.78 is 0. The predicted octanol–water partition coefficient (Wildman–Crippen LogP) is 9.03. The summed E-state index contributed by atoms with van der Waals surface area (Å²) in [6.07, 6.45) is 10.1. The zero-order valence-electron chi connectivity index (χ0n) is 23.5. The molecule has 0 heterocycles. The van der Waals surface area contributed by atoms with Gasteiger partial charge in [0.2, 0.25) is 0 Å². The largest absolute Gasteiger partial charge is 0.373 e. The first-order valence-electron chi connectivity index (χ1n) is 13.9. The quantitative estimate of drug-likeness (QED) is 0.110. The maximum atomic E-state index is 12.5. The molecule has 0 atom stereocenters. The fourth-order valence-electron chi connectivity index (χ4n) is 3.88. The summed E-state index contributed by atoms with van der Waals surface area (Å²) in [5.74, 6) is -0.595. The Hall–Kier alpha value is -2.70. The molecule has 0 spiro atoms. The van der Waals surface area contributed by atoms with Gasteiger partial charge in [-0.2, -0.15) is 0 Å². The fraction of sp³-hybridized carbons (Fsp3) is 0.500. The molecule has 208 valence electrons. The number of carbonyl (C=O) groups is 2. The van der Waals surface area contributed by atoms with Crippen molar-refractivity contribution >= 4 is 11.9 Å². The smallest absolute Gasteiger partial charge is 0.289 e. The standard InChI is InChI=1S/C32H44O6/c1-6-7-8-9-10-11-12-13-14-15-30(35-37-31(33)28-20-16-26(17-21-28)24(2)3)36-38-32(34)29-22-18-27(19-23-29)25(4)5/h16-25H,1,6-15H2,2-5H3. The van der Waals surface area contributed by atoms with E-state index in [1.165, 1.54) is 25.7 Å². The van der Waals surface area contributed by atoms with Crippen LogP contribution in [0.4, 0.5) is 0 Å². The summed E-state index contributed by atoms with van der Waals surface area (Å²) in [5.41, 5.74) is 2.95. The van der Waals surface area contributed by atoms with Crippen LogP contribution in [0.3, 0.4) is 0 Å². The first kappa shape index (κ1) is 31.5. The highest BCUT2D eigenvalue weighted by Crippen LogP contribution is 2.21. The van der Waals surface area contributed by atoms with Gasteiger partial charge in [0.25, 0.3) is 0 Å². The minimum absolute atomic E-state index is 0.0697. The van der Waals surface area contributed by atoms with Gasteiger partial charge in [0.1, 0.15) is 0 Å². The highest BCUT2D eigenvalue weighted by Gasteiger charge is 2.21. The molecule has 0 bridgehead atoms. The van der Waals surface area contributed by atoms with Gasteiger partial charge in [-0.3, -0.25) is 9.78 Å².